The van der Waals surface area contributed by atoms with Gasteiger partial charge >= 0.3 is 6.11 Å². The number of hydrogen-bond acceptors (Lipinski definition) is 3. The first-order valence-electron chi connectivity index (χ1n) is 7.48. The van der Waals surface area contributed by atoms with E-state index in [1.54, 1.807) is 17.0 Å². The number of amides is 1. The second kappa shape index (κ2) is 6.42. The van der Waals surface area contributed by atoms with Gasteiger partial charge in [-0.2, -0.15) is 8.78 Å². The Morgan fingerprint density at radius 2 is 2.04 bits per heavy atom. The molecule has 8 heteroatoms. The molecule has 2 aromatic rings. The quantitative estimate of drug-likeness (QED) is 0.686. The highest BCUT2D eigenvalue weighted by molar-refractivity contribution is 6.32. The highest BCUT2D eigenvalue weighted by atomic mass is 35.5. The molecule has 1 aliphatic rings. The largest absolute Gasteiger partial charge is 0.431 e. The van der Waals surface area contributed by atoms with Gasteiger partial charge in [0.1, 0.15) is 10.9 Å². The number of rotatable bonds is 4. The van der Waals surface area contributed by atoms with E-state index in [-0.39, 0.29) is 22.7 Å². The fourth-order valence-corrected chi connectivity index (χ4v) is 3.21. The molecule has 1 aromatic heterocycles. The van der Waals surface area contributed by atoms with Gasteiger partial charge in [-0.3, -0.25) is 4.79 Å². The molecule has 0 fully saturated rings. The Hall–Kier alpha value is -1.92. The van der Waals surface area contributed by atoms with Crippen molar-refractivity contribution in [3.8, 4) is 5.75 Å². The number of nitrogens with zero attached hydrogens (tertiary/aromatic N) is 2. The Morgan fingerprint density at radius 1 is 1.32 bits per heavy atom. The minimum atomic E-state index is -3.33. The zero-order chi connectivity index (χ0) is 18.4. The summed E-state index contributed by atoms with van der Waals surface area (Å²) in [6.45, 7) is 2.79. The van der Waals surface area contributed by atoms with Crippen molar-refractivity contribution in [3.05, 3.63) is 57.3 Å². The highest BCUT2D eigenvalue weighted by Gasteiger charge is 2.33. The number of aromatic nitrogens is 1. The maximum absolute atomic E-state index is 13.0. The highest BCUT2D eigenvalue weighted by Crippen LogP contribution is 2.36. The smallest absolute Gasteiger partial charge is 0.394 e. The number of carbonyl (C=O) groups is 1. The third kappa shape index (κ3) is 3.55. The molecule has 0 bridgehead atoms. The molecule has 4 nitrogen and oxygen atoms in total. The summed E-state index contributed by atoms with van der Waals surface area (Å²) in [5.74, 6) is -0.281. The van der Waals surface area contributed by atoms with E-state index in [1.807, 2.05) is 6.92 Å². The van der Waals surface area contributed by atoms with Gasteiger partial charge in [-0.05, 0) is 30.7 Å². The summed E-state index contributed by atoms with van der Waals surface area (Å²) in [7, 11) is 0. The average molecular weight is 387 g/mol. The minimum Gasteiger partial charge on any atom is -0.431 e. The van der Waals surface area contributed by atoms with E-state index in [9.17, 15) is 13.6 Å². The number of halogens is 4. The van der Waals surface area contributed by atoms with Crippen LogP contribution in [0.25, 0.3) is 0 Å². The van der Waals surface area contributed by atoms with Crippen LogP contribution in [0.1, 0.15) is 41.4 Å². The van der Waals surface area contributed by atoms with Crippen LogP contribution in [0.5, 0.6) is 5.75 Å². The van der Waals surface area contributed by atoms with Crippen LogP contribution in [-0.2, 0) is 6.54 Å². The number of carbonyl (C=O) groups excluding carboxylic acids is 1. The zero-order valence-electron chi connectivity index (χ0n) is 13.4. The van der Waals surface area contributed by atoms with Crippen molar-refractivity contribution >= 4 is 29.1 Å². The van der Waals surface area contributed by atoms with Crippen molar-refractivity contribution in [1.82, 2.24) is 9.88 Å². The van der Waals surface area contributed by atoms with Crippen molar-refractivity contribution in [2.75, 3.05) is 0 Å². The Labute approximate surface area is 153 Å². The predicted octanol–water partition coefficient (Wildman–Crippen LogP) is 5.10. The van der Waals surface area contributed by atoms with Gasteiger partial charge in [-0.15, -0.1) is 0 Å². The lowest BCUT2D eigenvalue weighted by Gasteiger charge is -2.25. The number of fused-ring (bicyclic) bond motifs is 1. The summed E-state index contributed by atoms with van der Waals surface area (Å²) in [4.78, 5) is 18.2. The topological polar surface area (TPSA) is 42.4 Å². The number of alkyl halides is 2. The van der Waals surface area contributed by atoms with Gasteiger partial charge in [0.25, 0.3) is 5.91 Å². The van der Waals surface area contributed by atoms with Crippen LogP contribution in [0.15, 0.2) is 30.5 Å². The molecule has 3 rings (SSSR count). The first-order chi connectivity index (χ1) is 11.7. The maximum atomic E-state index is 13.0. The van der Waals surface area contributed by atoms with Crippen LogP contribution < -0.4 is 4.74 Å². The van der Waals surface area contributed by atoms with E-state index in [0.29, 0.717) is 35.3 Å². The molecule has 25 heavy (non-hydrogen) atoms. The lowest BCUT2D eigenvalue weighted by molar-refractivity contribution is -0.158. The molecule has 1 aliphatic heterocycles. The second-order valence-electron chi connectivity index (χ2n) is 5.84. The molecule has 0 radical (unpaired) electrons. The fraction of sp³-hybridized carbons (Fsp3) is 0.294. The maximum Gasteiger partial charge on any atom is 0.394 e. The van der Waals surface area contributed by atoms with E-state index in [0.717, 1.165) is 0 Å². The van der Waals surface area contributed by atoms with E-state index in [4.69, 9.17) is 23.2 Å². The summed E-state index contributed by atoms with van der Waals surface area (Å²) in [5.41, 5.74) is 1.89. The second-order valence-corrected chi connectivity index (χ2v) is 6.60. The number of benzene rings is 1. The summed E-state index contributed by atoms with van der Waals surface area (Å²) in [5, 5.41) is 0.349. The lowest BCUT2D eigenvalue weighted by atomic mass is 10.1. The number of pyridine rings is 1. The molecule has 1 amide bonds. The molecule has 0 saturated heterocycles. The Morgan fingerprint density at radius 3 is 2.64 bits per heavy atom. The molecule has 0 spiro atoms. The molecule has 132 valence electrons. The Kier molecular flexibility index (Phi) is 4.60. The molecule has 1 aromatic carbocycles. The number of hydrogen-bond donors (Lipinski definition) is 0. The van der Waals surface area contributed by atoms with Gasteiger partial charge in [-0.1, -0.05) is 29.3 Å². The molecule has 1 atom stereocenters. The zero-order valence-corrected chi connectivity index (χ0v) is 14.9. The minimum absolute atomic E-state index is 0.0507. The molecule has 2 heterocycles. The SMILES string of the molecule is CC(c1ccc(OC(C)(F)F)c(Cl)c1)N1Cc2c(ccnc2Cl)C1=O. The van der Waals surface area contributed by atoms with Crippen LogP contribution >= 0.6 is 23.2 Å². The van der Waals surface area contributed by atoms with Crippen LogP contribution in [-0.4, -0.2) is 21.9 Å². The van der Waals surface area contributed by atoms with Crippen LogP contribution in [0.2, 0.25) is 10.2 Å². The normalized spacial score (nSPS) is 15.3. The van der Waals surface area contributed by atoms with Gasteiger partial charge in [-0.25, -0.2) is 4.98 Å². The van der Waals surface area contributed by atoms with Gasteiger partial charge in [0.05, 0.1) is 17.6 Å². The lowest BCUT2D eigenvalue weighted by Crippen LogP contribution is -2.27. The number of ether oxygens (including phenoxy) is 1. The van der Waals surface area contributed by atoms with Crippen LogP contribution in [0.4, 0.5) is 8.78 Å². The first kappa shape index (κ1) is 17.9. The monoisotopic (exact) mass is 386 g/mol. The summed E-state index contributed by atoms with van der Waals surface area (Å²) >= 11 is 12.1. The molecule has 0 saturated carbocycles. The molecule has 0 N–H and O–H groups in total. The van der Waals surface area contributed by atoms with Crippen LogP contribution in [0, 0.1) is 0 Å². The van der Waals surface area contributed by atoms with Crippen molar-refractivity contribution < 1.29 is 18.3 Å². The third-order valence-electron chi connectivity index (χ3n) is 4.02. The third-order valence-corrected chi connectivity index (χ3v) is 4.64. The standard InChI is InChI=1S/C17H14Cl2F2N2O2/c1-9(10-3-4-14(13(18)7-10)25-17(2,20)21)23-8-12-11(16(23)24)5-6-22-15(12)19/h3-7,9H,8H2,1-2H3. The van der Waals surface area contributed by atoms with E-state index >= 15 is 0 Å². The average Bonchev–Trinajstić information content (AvgIpc) is 2.86. The molecule has 0 aliphatic carbocycles. The van der Waals surface area contributed by atoms with Crippen LogP contribution in [0.3, 0.4) is 0 Å². The van der Waals surface area contributed by atoms with Gasteiger partial charge in [0.2, 0.25) is 0 Å². The molecule has 1 unspecified atom stereocenters. The molecular weight excluding hydrogens is 373 g/mol. The van der Waals surface area contributed by atoms with Crippen molar-refractivity contribution in [3.63, 3.8) is 0 Å². The Balaban J connectivity index is 1.85. The van der Waals surface area contributed by atoms with E-state index < -0.39 is 6.11 Å². The first-order valence-corrected chi connectivity index (χ1v) is 8.23. The van der Waals surface area contributed by atoms with Gasteiger partial charge in [0, 0.05) is 24.2 Å². The Bertz CT molecular complexity index is 840. The van der Waals surface area contributed by atoms with Gasteiger partial charge in [0.15, 0.2) is 0 Å². The summed E-state index contributed by atoms with van der Waals surface area (Å²) in [6, 6.07) is 5.79. The fourth-order valence-electron chi connectivity index (χ4n) is 2.76. The summed E-state index contributed by atoms with van der Waals surface area (Å²) in [6.07, 6.45) is -1.84. The van der Waals surface area contributed by atoms with E-state index in [1.165, 1.54) is 18.3 Å². The van der Waals surface area contributed by atoms with E-state index in [2.05, 4.69) is 9.72 Å². The predicted molar refractivity (Wildman–Crippen MR) is 90.2 cm³/mol. The van der Waals surface area contributed by atoms with Crippen molar-refractivity contribution in [1.29, 1.82) is 0 Å². The molecular formula is C17H14Cl2F2N2O2. The summed E-state index contributed by atoms with van der Waals surface area (Å²) < 4.78 is 30.5. The van der Waals surface area contributed by atoms with Gasteiger partial charge < -0.3 is 9.64 Å². The van der Waals surface area contributed by atoms with Crippen molar-refractivity contribution in [2.45, 2.75) is 32.5 Å². The van der Waals surface area contributed by atoms with Crippen molar-refractivity contribution in [2.24, 2.45) is 0 Å².